The van der Waals surface area contributed by atoms with Crippen molar-refractivity contribution in [1.82, 2.24) is 10.2 Å². The number of halogens is 2. The van der Waals surface area contributed by atoms with E-state index in [9.17, 15) is 22.4 Å². The molecule has 0 aliphatic rings. The molecule has 8 nitrogen and oxygen atoms in total. The van der Waals surface area contributed by atoms with E-state index in [4.69, 9.17) is 16.3 Å². The molecule has 0 unspecified atom stereocenters. The van der Waals surface area contributed by atoms with E-state index in [-0.39, 0.29) is 35.0 Å². The fraction of sp³-hybridized carbons (Fsp3) is 0.259. The molecule has 2 amide bonds. The molecule has 3 rings (SSSR count). The van der Waals surface area contributed by atoms with Crippen molar-refractivity contribution in [3.8, 4) is 5.75 Å². The Morgan fingerprint density at radius 3 is 2.29 bits per heavy atom. The zero-order valence-corrected chi connectivity index (χ0v) is 22.8. The highest BCUT2D eigenvalue weighted by Crippen LogP contribution is 2.33. The van der Waals surface area contributed by atoms with Crippen LogP contribution in [0.15, 0.2) is 77.7 Å². The van der Waals surface area contributed by atoms with Crippen molar-refractivity contribution in [3.05, 3.63) is 89.2 Å². The minimum atomic E-state index is -4.30. The second kappa shape index (κ2) is 12.7. The third-order valence-electron chi connectivity index (χ3n) is 5.83. The maximum absolute atomic E-state index is 14.5. The molecule has 0 saturated heterocycles. The number of carbonyl (C=O) groups is 2. The molecular formula is C27H29ClFN3O5S. The number of nitrogens with zero attached hydrogens (tertiary/aromatic N) is 2. The summed E-state index contributed by atoms with van der Waals surface area (Å²) in [5, 5.41) is 2.83. The summed E-state index contributed by atoms with van der Waals surface area (Å²) in [5.41, 5.74) is 0.314. The molecule has 202 valence electrons. The van der Waals surface area contributed by atoms with Gasteiger partial charge in [0.2, 0.25) is 11.8 Å². The zero-order chi connectivity index (χ0) is 27.9. The first-order valence-electron chi connectivity index (χ1n) is 11.8. The SMILES string of the molecule is CCOc1ccccc1N(CC(=O)N(Cc1ccccc1F)[C@H](C)C(=O)NC)S(=O)(=O)c1ccc(Cl)cc1. The van der Waals surface area contributed by atoms with Crippen LogP contribution in [0.3, 0.4) is 0 Å². The van der Waals surface area contributed by atoms with Gasteiger partial charge in [-0.1, -0.05) is 41.9 Å². The summed E-state index contributed by atoms with van der Waals surface area (Å²) >= 11 is 5.96. The van der Waals surface area contributed by atoms with E-state index in [2.05, 4.69) is 5.32 Å². The smallest absolute Gasteiger partial charge is 0.264 e. The highest BCUT2D eigenvalue weighted by molar-refractivity contribution is 7.92. The molecule has 1 atom stereocenters. The fourth-order valence-electron chi connectivity index (χ4n) is 3.79. The molecule has 3 aromatic rings. The van der Waals surface area contributed by atoms with Gasteiger partial charge < -0.3 is 15.0 Å². The Bertz CT molecular complexity index is 1390. The number of sulfonamides is 1. The Morgan fingerprint density at radius 2 is 1.66 bits per heavy atom. The average molecular weight is 562 g/mol. The van der Waals surface area contributed by atoms with Crippen molar-refractivity contribution >= 4 is 39.1 Å². The lowest BCUT2D eigenvalue weighted by Crippen LogP contribution is -2.50. The molecule has 0 aromatic heterocycles. The molecule has 11 heteroatoms. The summed E-state index contributed by atoms with van der Waals surface area (Å²) in [4.78, 5) is 27.3. The van der Waals surface area contributed by atoms with Crippen LogP contribution in [-0.2, 0) is 26.2 Å². The first kappa shape index (κ1) is 28.9. The number of likely N-dealkylation sites (N-methyl/N-ethyl adjacent to an activating group) is 1. The predicted molar refractivity (Wildman–Crippen MR) is 144 cm³/mol. The number of nitrogens with one attached hydrogen (secondary N) is 1. The molecule has 1 N–H and O–H groups in total. The predicted octanol–water partition coefficient (Wildman–Crippen LogP) is 4.24. The second-order valence-corrected chi connectivity index (χ2v) is 10.6. The first-order valence-corrected chi connectivity index (χ1v) is 13.7. The van der Waals surface area contributed by atoms with E-state index in [1.807, 2.05) is 0 Å². The van der Waals surface area contributed by atoms with Gasteiger partial charge in [-0.05, 0) is 56.3 Å². The number of benzene rings is 3. The topological polar surface area (TPSA) is 96.0 Å². The van der Waals surface area contributed by atoms with Gasteiger partial charge in [-0.25, -0.2) is 12.8 Å². The van der Waals surface area contributed by atoms with Crippen molar-refractivity contribution in [2.45, 2.75) is 31.3 Å². The summed E-state index contributed by atoms with van der Waals surface area (Å²) in [7, 11) is -2.88. The maximum atomic E-state index is 14.5. The van der Waals surface area contributed by atoms with Crippen LogP contribution in [0.1, 0.15) is 19.4 Å². The minimum Gasteiger partial charge on any atom is -0.492 e. The van der Waals surface area contributed by atoms with Gasteiger partial charge in [0.15, 0.2) is 0 Å². The number of rotatable bonds is 11. The van der Waals surface area contributed by atoms with Crippen LogP contribution in [0.4, 0.5) is 10.1 Å². The zero-order valence-electron chi connectivity index (χ0n) is 21.2. The number of amides is 2. The molecule has 0 aliphatic carbocycles. The van der Waals surface area contributed by atoms with Gasteiger partial charge >= 0.3 is 0 Å². The monoisotopic (exact) mass is 561 g/mol. The quantitative estimate of drug-likeness (QED) is 0.378. The lowest BCUT2D eigenvalue weighted by atomic mass is 10.1. The Morgan fingerprint density at radius 1 is 1.03 bits per heavy atom. The molecule has 0 heterocycles. The lowest BCUT2D eigenvalue weighted by molar-refractivity contribution is -0.139. The Balaban J connectivity index is 2.10. The van der Waals surface area contributed by atoms with Gasteiger partial charge in [-0.2, -0.15) is 0 Å². The largest absolute Gasteiger partial charge is 0.492 e. The van der Waals surface area contributed by atoms with Crippen molar-refractivity contribution < 1.29 is 27.1 Å². The van der Waals surface area contributed by atoms with E-state index < -0.39 is 40.2 Å². The molecule has 3 aromatic carbocycles. The highest BCUT2D eigenvalue weighted by Gasteiger charge is 2.33. The van der Waals surface area contributed by atoms with Gasteiger partial charge in [-0.3, -0.25) is 13.9 Å². The molecule has 0 aliphatic heterocycles. The van der Waals surface area contributed by atoms with Gasteiger partial charge in [0.1, 0.15) is 24.2 Å². The summed E-state index contributed by atoms with van der Waals surface area (Å²) in [6, 6.07) is 16.8. The van der Waals surface area contributed by atoms with Crippen LogP contribution in [0, 0.1) is 5.82 Å². The Labute approximate surface area is 227 Å². The Hall–Kier alpha value is -3.63. The molecule has 0 saturated carbocycles. The van der Waals surface area contributed by atoms with E-state index in [1.165, 1.54) is 62.5 Å². The Kier molecular flexibility index (Phi) is 9.71. The first-order chi connectivity index (χ1) is 18.1. The number of para-hydroxylation sites is 2. The van der Waals surface area contributed by atoms with E-state index in [0.717, 1.165) is 9.21 Å². The molecule has 0 fully saturated rings. The molecular weight excluding hydrogens is 533 g/mol. The van der Waals surface area contributed by atoms with Crippen LogP contribution in [0.2, 0.25) is 5.02 Å². The average Bonchev–Trinajstić information content (AvgIpc) is 2.91. The molecule has 38 heavy (non-hydrogen) atoms. The molecule has 0 radical (unpaired) electrons. The van der Waals surface area contributed by atoms with Crippen LogP contribution in [0.5, 0.6) is 5.75 Å². The van der Waals surface area contributed by atoms with Crippen LogP contribution in [-0.4, -0.2) is 51.4 Å². The van der Waals surface area contributed by atoms with Crippen molar-refractivity contribution in [3.63, 3.8) is 0 Å². The van der Waals surface area contributed by atoms with Crippen LogP contribution in [0.25, 0.3) is 0 Å². The minimum absolute atomic E-state index is 0.0963. The van der Waals surface area contributed by atoms with Gasteiger partial charge in [0.25, 0.3) is 10.0 Å². The second-order valence-electron chi connectivity index (χ2n) is 8.27. The number of anilines is 1. The van der Waals surface area contributed by atoms with E-state index >= 15 is 0 Å². The molecule has 0 spiro atoms. The van der Waals surface area contributed by atoms with E-state index in [1.54, 1.807) is 31.2 Å². The summed E-state index contributed by atoms with van der Waals surface area (Å²) < 4.78 is 48.8. The summed E-state index contributed by atoms with van der Waals surface area (Å²) in [6.45, 7) is 2.57. The third kappa shape index (κ3) is 6.62. The molecule has 0 bridgehead atoms. The van der Waals surface area contributed by atoms with Gasteiger partial charge in [0.05, 0.1) is 17.2 Å². The third-order valence-corrected chi connectivity index (χ3v) is 7.85. The van der Waals surface area contributed by atoms with Crippen LogP contribution < -0.4 is 14.4 Å². The lowest BCUT2D eigenvalue weighted by Gasteiger charge is -2.32. The number of hydrogen-bond acceptors (Lipinski definition) is 5. The maximum Gasteiger partial charge on any atom is 0.264 e. The van der Waals surface area contributed by atoms with Gasteiger partial charge in [-0.15, -0.1) is 0 Å². The number of hydrogen-bond donors (Lipinski definition) is 1. The van der Waals surface area contributed by atoms with Crippen molar-refractivity contribution in [2.24, 2.45) is 0 Å². The summed E-state index contributed by atoms with van der Waals surface area (Å²) in [5.74, 6) is -1.51. The standard InChI is InChI=1S/C27H29ClFN3O5S/c1-4-37-25-12-8-7-11-24(25)32(38(35,36)22-15-13-21(28)14-16-22)18-26(33)31(19(2)27(34)30-3)17-20-9-5-6-10-23(20)29/h5-16,19H,4,17-18H2,1-3H3,(H,30,34)/t19-/m1/s1. The highest BCUT2D eigenvalue weighted by atomic mass is 35.5. The summed E-state index contributed by atoms with van der Waals surface area (Å²) in [6.07, 6.45) is 0. The van der Waals surface area contributed by atoms with Crippen LogP contribution >= 0.6 is 11.6 Å². The number of ether oxygens (including phenoxy) is 1. The van der Waals surface area contributed by atoms with Crippen molar-refractivity contribution in [1.29, 1.82) is 0 Å². The normalized spacial score (nSPS) is 11.9. The fourth-order valence-corrected chi connectivity index (χ4v) is 5.34. The number of carbonyl (C=O) groups excluding carboxylic acids is 2. The van der Waals surface area contributed by atoms with E-state index in [0.29, 0.717) is 5.02 Å². The van der Waals surface area contributed by atoms with Crippen molar-refractivity contribution in [2.75, 3.05) is 24.5 Å². The van der Waals surface area contributed by atoms with Gasteiger partial charge in [0, 0.05) is 24.2 Å².